The average molecular weight is 591 g/mol. The quantitative estimate of drug-likeness (QED) is 0.280. The van der Waals surface area contributed by atoms with E-state index in [0.29, 0.717) is 18.2 Å². The molecule has 1 fully saturated rings. The van der Waals surface area contributed by atoms with Gasteiger partial charge >= 0.3 is 12.1 Å². The molecule has 0 unspecified atom stereocenters. The Morgan fingerprint density at radius 2 is 1.46 bits per heavy atom. The van der Waals surface area contributed by atoms with Crippen molar-refractivity contribution in [1.82, 2.24) is 5.32 Å². The van der Waals surface area contributed by atoms with Crippen LogP contribution in [0.25, 0.3) is 0 Å². The first-order valence-corrected chi connectivity index (χ1v) is 14.6. The van der Waals surface area contributed by atoms with E-state index < -0.39 is 27.6 Å². The number of nitrogens with one attached hydrogen (secondary N) is 2. The van der Waals surface area contributed by atoms with Gasteiger partial charge in [0.2, 0.25) is 5.91 Å². The number of carboxylic acid groups (broad SMARTS) is 1. The summed E-state index contributed by atoms with van der Waals surface area (Å²) in [4.78, 5) is 22.0. The molecular weight excluding hydrogens is 557 g/mol. The molecule has 1 amide bonds. The fourth-order valence-corrected chi connectivity index (χ4v) is 5.31. The van der Waals surface area contributed by atoms with Crippen LogP contribution >= 0.6 is 0 Å². The number of rotatable bonds is 10. The van der Waals surface area contributed by atoms with Crippen LogP contribution in [0.4, 0.5) is 18.9 Å². The lowest BCUT2D eigenvalue weighted by Crippen LogP contribution is -2.35. The smallest absolute Gasteiger partial charge is 0.475 e. The Morgan fingerprint density at radius 3 is 1.95 bits per heavy atom. The van der Waals surface area contributed by atoms with E-state index in [9.17, 15) is 26.4 Å². The third-order valence-corrected chi connectivity index (χ3v) is 7.93. The molecule has 3 aromatic carbocycles. The van der Waals surface area contributed by atoms with Gasteiger partial charge in [-0.2, -0.15) is 13.2 Å². The van der Waals surface area contributed by atoms with Crippen LogP contribution in [0.3, 0.4) is 0 Å². The topological polar surface area (TPSA) is 113 Å². The van der Waals surface area contributed by atoms with Gasteiger partial charge in [0.15, 0.2) is 0 Å². The lowest BCUT2D eigenvalue weighted by atomic mass is 9.94. The van der Waals surface area contributed by atoms with Gasteiger partial charge in [0, 0.05) is 12.2 Å². The first-order valence-electron chi connectivity index (χ1n) is 13.1. The molecule has 0 atom stereocenters. The zero-order valence-corrected chi connectivity index (χ0v) is 23.6. The third-order valence-electron chi connectivity index (χ3n) is 6.54. The number of amides is 1. The monoisotopic (exact) mass is 590 g/mol. The SMILES string of the molecule is CC(C)Cc1ccc(S(=O)(=O)Nc2ccc(C3(C(=O)NCCc4ccccc4)CC3)cc2)cc1.O=C(O)C(F)(F)F. The molecule has 11 heteroatoms. The predicted octanol–water partition coefficient (Wildman–Crippen LogP) is 5.71. The van der Waals surface area contributed by atoms with Crippen LogP contribution in [0.15, 0.2) is 83.8 Å². The number of anilines is 1. The Hall–Kier alpha value is -3.86. The number of hydrogen-bond donors (Lipinski definition) is 3. The first kappa shape index (κ1) is 31.7. The van der Waals surface area contributed by atoms with Gasteiger partial charge in [-0.1, -0.05) is 68.4 Å². The second-order valence-electron chi connectivity index (χ2n) is 10.3. The number of sulfonamides is 1. The van der Waals surface area contributed by atoms with Crippen molar-refractivity contribution >= 4 is 27.6 Å². The Morgan fingerprint density at radius 1 is 0.902 bits per heavy atom. The second kappa shape index (κ2) is 13.2. The number of carbonyl (C=O) groups excluding carboxylic acids is 1. The molecule has 41 heavy (non-hydrogen) atoms. The normalized spacial score (nSPS) is 14.0. The highest BCUT2D eigenvalue weighted by atomic mass is 32.2. The molecule has 0 aromatic heterocycles. The molecule has 7 nitrogen and oxygen atoms in total. The average Bonchev–Trinajstić information content (AvgIpc) is 3.72. The van der Waals surface area contributed by atoms with Gasteiger partial charge < -0.3 is 10.4 Å². The number of halogens is 3. The molecule has 4 rings (SSSR count). The highest BCUT2D eigenvalue weighted by Gasteiger charge is 2.51. The van der Waals surface area contributed by atoms with Gasteiger partial charge in [-0.15, -0.1) is 0 Å². The van der Waals surface area contributed by atoms with Crippen LogP contribution < -0.4 is 10.0 Å². The predicted molar refractivity (Wildman–Crippen MR) is 150 cm³/mol. The van der Waals surface area contributed by atoms with Crippen molar-refractivity contribution in [2.45, 2.75) is 56.0 Å². The van der Waals surface area contributed by atoms with Crippen LogP contribution in [0.2, 0.25) is 0 Å². The van der Waals surface area contributed by atoms with Crippen molar-refractivity contribution in [3.8, 4) is 0 Å². The molecule has 3 N–H and O–H groups in total. The van der Waals surface area contributed by atoms with E-state index in [1.165, 1.54) is 5.56 Å². The third kappa shape index (κ3) is 9.07. The lowest BCUT2D eigenvalue weighted by Gasteiger charge is -2.17. The van der Waals surface area contributed by atoms with E-state index in [2.05, 4.69) is 36.0 Å². The van der Waals surface area contributed by atoms with Gasteiger partial charge in [0.1, 0.15) is 0 Å². The summed E-state index contributed by atoms with van der Waals surface area (Å²) >= 11 is 0. The Bertz CT molecular complexity index is 1420. The fraction of sp³-hybridized carbons (Fsp3) is 0.333. The number of aliphatic carboxylic acids is 1. The Kier molecular flexibility index (Phi) is 10.2. The second-order valence-corrected chi connectivity index (χ2v) is 12.0. The van der Waals surface area contributed by atoms with Crippen LogP contribution in [0.5, 0.6) is 0 Å². The van der Waals surface area contributed by atoms with Gasteiger partial charge in [-0.3, -0.25) is 9.52 Å². The zero-order chi connectivity index (χ0) is 30.3. The molecule has 0 spiro atoms. The summed E-state index contributed by atoms with van der Waals surface area (Å²) in [6.07, 6.45) is -1.77. The fourth-order valence-electron chi connectivity index (χ4n) is 4.25. The summed E-state index contributed by atoms with van der Waals surface area (Å²) in [7, 11) is -3.68. The minimum Gasteiger partial charge on any atom is -0.475 e. The number of benzene rings is 3. The van der Waals surface area contributed by atoms with Crippen LogP contribution in [-0.4, -0.2) is 38.1 Å². The first-order chi connectivity index (χ1) is 19.2. The summed E-state index contributed by atoms with van der Waals surface area (Å²) in [6.45, 7) is 4.87. The number of carboxylic acids is 1. The number of hydrogen-bond acceptors (Lipinski definition) is 4. The largest absolute Gasteiger partial charge is 0.490 e. The van der Waals surface area contributed by atoms with E-state index in [1.807, 2.05) is 42.5 Å². The molecule has 1 aliphatic rings. The van der Waals surface area contributed by atoms with Crippen LogP contribution in [-0.2, 0) is 37.9 Å². The van der Waals surface area contributed by atoms with E-state index in [-0.39, 0.29) is 10.8 Å². The highest BCUT2D eigenvalue weighted by Crippen LogP contribution is 2.48. The minimum absolute atomic E-state index is 0.0400. The molecule has 1 aliphatic carbocycles. The summed E-state index contributed by atoms with van der Waals surface area (Å²) in [5.74, 6) is -2.20. The van der Waals surface area contributed by atoms with E-state index in [1.54, 1.807) is 24.3 Å². The lowest BCUT2D eigenvalue weighted by molar-refractivity contribution is -0.192. The van der Waals surface area contributed by atoms with Crippen LogP contribution in [0.1, 0.15) is 43.4 Å². The Labute approximate surface area is 237 Å². The van der Waals surface area contributed by atoms with Gasteiger partial charge in [0.25, 0.3) is 10.0 Å². The molecule has 0 heterocycles. The van der Waals surface area contributed by atoms with Crippen molar-refractivity contribution in [3.63, 3.8) is 0 Å². The molecule has 3 aromatic rings. The summed E-state index contributed by atoms with van der Waals surface area (Å²) in [6, 6.07) is 24.3. The van der Waals surface area contributed by atoms with Crippen molar-refractivity contribution in [1.29, 1.82) is 0 Å². The molecule has 0 saturated heterocycles. The van der Waals surface area contributed by atoms with Crippen molar-refractivity contribution < 1.29 is 36.3 Å². The van der Waals surface area contributed by atoms with E-state index in [0.717, 1.165) is 36.8 Å². The molecule has 220 valence electrons. The Balaban J connectivity index is 0.000000587. The summed E-state index contributed by atoms with van der Waals surface area (Å²) < 4.78 is 60.0. The maximum Gasteiger partial charge on any atom is 0.490 e. The van der Waals surface area contributed by atoms with Crippen LogP contribution in [0, 0.1) is 5.92 Å². The van der Waals surface area contributed by atoms with Gasteiger partial charge in [0.05, 0.1) is 10.3 Å². The number of carbonyl (C=O) groups is 2. The minimum atomic E-state index is -5.08. The highest BCUT2D eigenvalue weighted by molar-refractivity contribution is 7.92. The van der Waals surface area contributed by atoms with E-state index >= 15 is 0 Å². The molecular formula is C30H33F3N2O5S. The van der Waals surface area contributed by atoms with E-state index in [4.69, 9.17) is 9.90 Å². The van der Waals surface area contributed by atoms with Crippen molar-refractivity contribution in [3.05, 3.63) is 95.6 Å². The molecule has 0 radical (unpaired) electrons. The molecule has 0 aliphatic heterocycles. The zero-order valence-electron chi connectivity index (χ0n) is 22.7. The summed E-state index contributed by atoms with van der Waals surface area (Å²) in [5, 5.41) is 10.2. The maximum atomic E-state index is 12.9. The maximum absolute atomic E-state index is 12.9. The van der Waals surface area contributed by atoms with Crippen molar-refractivity contribution in [2.75, 3.05) is 11.3 Å². The standard InChI is InChI=1S/C28H32N2O3S.C2HF3O2/c1-21(2)20-23-8-14-26(15-9-23)34(32,33)30-25-12-10-24(11-13-25)28(17-18-28)27(31)29-19-16-22-6-4-3-5-7-22;3-2(4,5)1(6)7/h3-15,21,30H,16-20H2,1-2H3,(H,29,31);(H,6,7). The summed E-state index contributed by atoms with van der Waals surface area (Å²) in [5.41, 5.74) is 3.22. The molecule has 1 saturated carbocycles. The van der Waals surface area contributed by atoms with Crippen molar-refractivity contribution in [2.24, 2.45) is 5.92 Å². The van der Waals surface area contributed by atoms with Gasteiger partial charge in [-0.25, -0.2) is 13.2 Å². The van der Waals surface area contributed by atoms with Gasteiger partial charge in [-0.05, 0) is 72.6 Å². The number of alkyl halides is 3. The molecule has 0 bridgehead atoms.